The van der Waals surface area contributed by atoms with Gasteiger partial charge in [-0.05, 0) is 60.7 Å². The summed E-state index contributed by atoms with van der Waals surface area (Å²) < 4.78 is 41.2. The molecule has 0 spiro atoms. The van der Waals surface area contributed by atoms with E-state index in [0.29, 0.717) is 11.4 Å². The summed E-state index contributed by atoms with van der Waals surface area (Å²) in [5.41, 5.74) is 1.28. The van der Waals surface area contributed by atoms with Crippen molar-refractivity contribution in [3.05, 3.63) is 53.6 Å². The molecule has 9 heteroatoms. The summed E-state index contributed by atoms with van der Waals surface area (Å²) in [6, 6.07) is 11.7. The van der Waals surface area contributed by atoms with Gasteiger partial charge in [-0.3, -0.25) is 9.59 Å². The number of hydrogen-bond donors (Lipinski definition) is 3. The quantitative estimate of drug-likeness (QED) is 0.579. The van der Waals surface area contributed by atoms with Crippen molar-refractivity contribution < 1.29 is 22.8 Å². The van der Waals surface area contributed by atoms with E-state index in [9.17, 15) is 22.8 Å². The van der Waals surface area contributed by atoms with E-state index in [1.165, 1.54) is 6.07 Å². The van der Waals surface area contributed by atoms with Gasteiger partial charge >= 0.3 is 6.18 Å². The van der Waals surface area contributed by atoms with Crippen LogP contribution in [-0.2, 0) is 22.3 Å². The number of nitrogens with one attached hydrogen (secondary N) is 3. The average Bonchev–Trinajstić information content (AvgIpc) is 3.25. The smallest absolute Gasteiger partial charge is 0.372 e. The third-order valence-corrected chi connectivity index (χ3v) is 6.52. The fraction of sp³-hybridized carbons (Fsp3) is 0.440. The van der Waals surface area contributed by atoms with Crippen LogP contribution in [-0.4, -0.2) is 31.4 Å². The number of benzene rings is 2. The van der Waals surface area contributed by atoms with Crippen LogP contribution in [0.3, 0.4) is 0 Å². The molecular weight excluding hydrogens is 445 g/mol. The van der Waals surface area contributed by atoms with Gasteiger partial charge in [0.05, 0.1) is 11.5 Å². The maximum atomic E-state index is 13.7. The molecule has 0 aliphatic carbocycles. The summed E-state index contributed by atoms with van der Waals surface area (Å²) in [6.45, 7) is 4.22. The van der Waals surface area contributed by atoms with Crippen molar-refractivity contribution in [3.8, 4) is 0 Å². The second-order valence-electron chi connectivity index (χ2n) is 9.13. The van der Waals surface area contributed by atoms with Crippen molar-refractivity contribution in [2.45, 2.75) is 38.9 Å². The molecule has 4 rings (SSSR count). The van der Waals surface area contributed by atoms with Crippen molar-refractivity contribution >= 4 is 28.9 Å². The molecule has 2 amide bonds. The van der Waals surface area contributed by atoms with Crippen LogP contribution in [0.25, 0.3) is 0 Å². The summed E-state index contributed by atoms with van der Waals surface area (Å²) >= 11 is 0. The highest BCUT2D eigenvalue weighted by Gasteiger charge is 2.34. The van der Waals surface area contributed by atoms with E-state index in [-0.39, 0.29) is 31.0 Å². The van der Waals surface area contributed by atoms with Crippen molar-refractivity contribution in [1.82, 2.24) is 10.6 Å². The number of nitrogens with zero attached hydrogens (tertiary/aromatic N) is 1. The highest BCUT2D eigenvalue weighted by atomic mass is 19.4. The maximum absolute atomic E-state index is 13.7. The molecule has 34 heavy (non-hydrogen) atoms. The predicted octanol–water partition coefficient (Wildman–Crippen LogP) is 4.44. The number of amides is 2. The van der Waals surface area contributed by atoms with E-state index in [0.717, 1.165) is 43.6 Å². The van der Waals surface area contributed by atoms with Crippen molar-refractivity contribution in [2.75, 3.05) is 29.9 Å². The number of halogens is 3. The number of rotatable bonds is 6. The number of hydrogen-bond acceptors (Lipinski definition) is 4. The fourth-order valence-electron chi connectivity index (χ4n) is 4.38. The first-order valence-corrected chi connectivity index (χ1v) is 11.6. The van der Waals surface area contributed by atoms with Crippen LogP contribution in [0.15, 0.2) is 42.5 Å². The van der Waals surface area contributed by atoms with Gasteiger partial charge in [-0.2, -0.15) is 13.2 Å². The van der Waals surface area contributed by atoms with E-state index < -0.39 is 23.6 Å². The third-order valence-electron chi connectivity index (χ3n) is 6.52. The molecule has 6 nitrogen and oxygen atoms in total. The van der Waals surface area contributed by atoms with Crippen LogP contribution in [0.4, 0.5) is 30.2 Å². The molecule has 2 aromatic rings. The molecule has 2 aliphatic heterocycles. The van der Waals surface area contributed by atoms with Crippen LogP contribution in [0, 0.1) is 11.8 Å². The third kappa shape index (κ3) is 5.81. The normalized spacial score (nSPS) is 19.1. The minimum absolute atomic E-state index is 0.0293. The van der Waals surface area contributed by atoms with Gasteiger partial charge < -0.3 is 20.9 Å². The molecule has 1 unspecified atom stereocenters. The zero-order chi connectivity index (χ0) is 24.3. The summed E-state index contributed by atoms with van der Waals surface area (Å²) in [6.07, 6.45) is -2.21. The number of carbonyl (C=O) groups is 2. The number of anilines is 3. The molecule has 2 aliphatic rings. The molecule has 2 heterocycles. The lowest BCUT2D eigenvalue weighted by Crippen LogP contribution is -2.32. The molecule has 2 fully saturated rings. The lowest BCUT2D eigenvalue weighted by Gasteiger charge is -2.32. The first-order chi connectivity index (χ1) is 16.2. The molecule has 182 valence electrons. The van der Waals surface area contributed by atoms with Crippen LogP contribution >= 0.6 is 0 Å². The summed E-state index contributed by atoms with van der Waals surface area (Å²) in [5, 5.41) is 8.12. The second-order valence-corrected chi connectivity index (χ2v) is 9.13. The SMILES string of the molecule is CC1CCN(c2ccc(Nc3ccc(CNC(=O)C4CNC(=O)C4)c(C(F)(F)F)c3)cc2)CC1. The fourth-order valence-corrected chi connectivity index (χ4v) is 4.38. The Hall–Kier alpha value is -3.23. The van der Waals surface area contributed by atoms with Gasteiger partial charge in [0.15, 0.2) is 0 Å². The Balaban J connectivity index is 1.42. The van der Waals surface area contributed by atoms with E-state index in [1.54, 1.807) is 6.07 Å². The highest BCUT2D eigenvalue weighted by Crippen LogP contribution is 2.35. The molecule has 0 aromatic heterocycles. The lowest BCUT2D eigenvalue weighted by atomic mass is 9.99. The Morgan fingerprint density at radius 3 is 2.38 bits per heavy atom. The van der Waals surface area contributed by atoms with Crippen LogP contribution in [0.1, 0.15) is 37.3 Å². The van der Waals surface area contributed by atoms with Crippen molar-refractivity contribution in [3.63, 3.8) is 0 Å². The lowest BCUT2D eigenvalue weighted by molar-refractivity contribution is -0.138. The number of alkyl halides is 3. The highest BCUT2D eigenvalue weighted by molar-refractivity contribution is 5.89. The molecular formula is C25H29F3N4O2. The summed E-state index contributed by atoms with van der Waals surface area (Å²) in [7, 11) is 0. The van der Waals surface area contributed by atoms with Gasteiger partial charge in [-0.15, -0.1) is 0 Å². The van der Waals surface area contributed by atoms with E-state index in [2.05, 4.69) is 27.8 Å². The van der Waals surface area contributed by atoms with Crippen LogP contribution in [0.5, 0.6) is 0 Å². The maximum Gasteiger partial charge on any atom is 0.416 e. The number of piperidine rings is 1. The Morgan fingerprint density at radius 1 is 1.09 bits per heavy atom. The van der Waals surface area contributed by atoms with E-state index >= 15 is 0 Å². The zero-order valence-corrected chi connectivity index (χ0v) is 19.0. The molecule has 0 saturated carbocycles. The van der Waals surface area contributed by atoms with Crippen molar-refractivity contribution in [2.24, 2.45) is 11.8 Å². The summed E-state index contributed by atoms with van der Waals surface area (Å²) in [5.74, 6) is -0.485. The van der Waals surface area contributed by atoms with Crippen LogP contribution in [0.2, 0.25) is 0 Å². The monoisotopic (exact) mass is 474 g/mol. The predicted molar refractivity (Wildman–Crippen MR) is 125 cm³/mol. The number of carbonyl (C=O) groups excluding carboxylic acids is 2. The van der Waals surface area contributed by atoms with Gasteiger partial charge in [0.2, 0.25) is 11.8 Å². The largest absolute Gasteiger partial charge is 0.416 e. The van der Waals surface area contributed by atoms with E-state index in [4.69, 9.17) is 0 Å². The van der Waals surface area contributed by atoms with Gasteiger partial charge in [0, 0.05) is 49.7 Å². The first kappa shape index (κ1) is 23.9. The molecule has 2 aromatic carbocycles. The average molecular weight is 475 g/mol. The standard InChI is InChI=1S/C25H29F3N4O2/c1-16-8-10-32(11-9-16)21-6-4-19(5-7-21)31-20-3-2-17(22(13-20)25(26,27)28)14-30-24(34)18-12-23(33)29-15-18/h2-7,13,16,18,31H,8-12,14-15H2,1H3,(H,29,33)(H,30,34). The van der Waals surface area contributed by atoms with Gasteiger partial charge in [0.1, 0.15) is 0 Å². The minimum atomic E-state index is -4.57. The topological polar surface area (TPSA) is 73.5 Å². The van der Waals surface area contributed by atoms with Gasteiger partial charge in [0.25, 0.3) is 0 Å². The molecule has 0 bridgehead atoms. The molecule has 0 radical (unpaired) electrons. The Morgan fingerprint density at radius 2 is 1.76 bits per heavy atom. The van der Waals surface area contributed by atoms with Crippen LogP contribution < -0.4 is 20.9 Å². The van der Waals surface area contributed by atoms with Gasteiger partial charge in [-0.25, -0.2) is 0 Å². The second kappa shape index (κ2) is 9.95. The molecule has 3 N–H and O–H groups in total. The molecule has 1 atom stereocenters. The van der Waals surface area contributed by atoms with Crippen molar-refractivity contribution in [1.29, 1.82) is 0 Å². The summed E-state index contributed by atoms with van der Waals surface area (Å²) in [4.78, 5) is 25.8. The first-order valence-electron chi connectivity index (χ1n) is 11.6. The Labute approximate surface area is 196 Å². The van der Waals surface area contributed by atoms with E-state index in [1.807, 2.05) is 24.3 Å². The van der Waals surface area contributed by atoms with Gasteiger partial charge in [-0.1, -0.05) is 13.0 Å². The Kier molecular flexibility index (Phi) is 7.00. The Bertz CT molecular complexity index is 1030. The molecule has 2 saturated heterocycles. The zero-order valence-electron chi connectivity index (χ0n) is 19.0. The minimum Gasteiger partial charge on any atom is -0.372 e.